The van der Waals surface area contributed by atoms with E-state index in [0.29, 0.717) is 17.0 Å². The Morgan fingerprint density at radius 1 is 1.29 bits per heavy atom. The summed E-state index contributed by atoms with van der Waals surface area (Å²) < 4.78 is 6.05. The Balaban J connectivity index is 2.14. The first-order valence-corrected chi connectivity index (χ1v) is 7.30. The van der Waals surface area contributed by atoms with E-state index in [1.807, 2.05) is 31.2 Å². The Labute approximate surface area is 132 Å². The zero-order chi connectivity index (χ0) is 15.4. The zero-order valence-corrected chi connectivity index (χ0v) is 13.5. The maximum Gasteiger partial charge on any atom is 0.253 e. The van der Waals surface area contributed by atoms with Gasteiger partial charge in [0, 0.05) is 16.2 Å². The van der Waals surface area contributed by atoms with E-state index in [0.717, 1.165) is 10.0 Å². The van der Waals surface area contributed by atoms with E-state index in [-0.39, 0.29) is 11.9 Å². The van der Waals surface area contributed by atoms with Crippen molar-refractivity contribution in [2.45, 2.75) is 13.0 Å². The van der Waals surface area contributed by atoms with Gasteiger partial charge in [0.15, 0.2) is 0 Å². The number of carbonyl (C=O) groups is 1. The Hall–Kier alpha value is -2.01. The molecule has 110 valence electrons. The lowest BCUT2D eigenvalue weighted by molar-refractivity contribution is 0.0941. The first-order chi connectivity index (χ1) is 10.0. The molecule has 0 aliphatic carbocycles. The minimum atomic E-state index is -0.206. The van der Waals surface area contributed by atoms with Gasteiger partial charge >= 0.3 is 0 Å². The molecule has 3 N–H and O–H groups in total. The predicted molar refractivity (Wildman–Crippen MR) is 87.4 cm³/mol. The fourth-order valence-corrected chi connectivity index (χ4v) is 2.43. The van der Waals surface area contributed by atoms with E-state index in [1.165, 1.54) is 0 Å². The van der Waals surface area contributed by atoms with Crippen LogP contribution in [0.3, 0.4) is 0 Å². The molecule has 21 heavy (non-hydrogen) atoms. The Bertz CT molecular complexity index is 658. The molecule has 0 saturated heterocycles. The van der Waals surface area contributed by atoms with E-state index in [4.69, 9.17) is 10.5 Å². The normalized spacial score (nSPS) is 11.8. The highest BCUT2D eigenvalue weighted by Crippen LogP contribution is 2.22. The van der Waals surface area contributed by atoms with Crippen molar-refractivity contribution < 1.29 is 9.53 Å². The first kappa shape index (κ1) is 15.4. The molecular formula is C16H17BrN2O2. The molecule has 1 unspecified atom stereocenters. The standard InChI is InChI=1S/C16H17BrN2O2/c1-10(11-4-3-5-12(17)8-11)19-16(20)14-7-6-13(21-2)9-15(14)18/h3-10H,18H2,1-2H3,(H,19,20). The van der Waals surface area contributed by atoms with Crippen LogP contribution < -0.4 is 15.8 Å². The van der Waals surface area contributed by atoms with Crippen LogP contribution in [0, 0.1) is 0 Å². The molecule has 0 aromatic heterocycles. The number of methoxy groups -OCH3 is 1. The Morgan fingerprint density at radius 3 is 2.67 bits per heavy atom. The van der Waals surface area contributed by atoms with Gasteiger partial charge in [-0.15, -0.1) is 0 Å². The summed E-state index contributed by atoms with van der Waals surface area (Å²) in [7, 11) is 1.56. The number of anilines is 1. The van der Waals surface area contributed by atoms with Crippen molar-refractivity contribution >= 4 is 27.5 Å². The molecule has 0 aliphatic heterocycles. The van der Waals surface area contributed by atoms with Gasteiger partial charge in [0.25, 0.3) is 5.91 Å². The smallest absolute Gasteiger partial charge is 0.253 e. The van der Waals surface area contributed by atoms with Crippen LogP contribution in [-0.4, -0.2) is 13.0 Å². The summed E-state index contributed by atoms with van der Waals surface area (Å²) >= 11 is 3.42. The molecule has 0 bridgehead atoms. The molecule has 1 amide bonds. The second kappa shape index (κ2) is 6.63. The highest BCUT2D eigenvalue weighted by molar-refractivity contribution is 9.10. The number of hydrogen-bond acceptors (Lipinski definition) is 3. The van der Waals surface area contributed by atoms with Crippen LogP contribution in [0.5, 0.6) is 5.75 Å². The number of nitrogens with one attached hydrogen (secondary N) is 1. The first-order valence-electron chi connectivity index (χ1n) is 6.51. The molecule has 2 aromatic carbocycles. The van der Waals surface area contributed by atoms with Crippen LogP contribution in [0.4, 0.5) is 5.69 Å². The van der Waals surface area contributed by atoms with Crippen LogP contribution in [0.1, 0.15) is 28.9 Å². The van der Waals surface area contributed by atoms with E-state index in [2.05, 4.69) is 21.2 Å². The second-order valence-electron chi connectivity index (χ2n) is 4.70. The highest BCUT2D eigenvalue weighted by atomic mass is 79.9. The average molecular weight is 349 g/mol. The topological polar surface area (TPSA) is 64.3 Å². The largest absolute Gasteiger partial charge is 0.497 e. The summed E-state index contributed by atoms with van der Waals surface area (Å²) in [6.07, 6.45) is 0. The number of amides is 1. The molecule has 4 nitrogen and oxygen atoms in total. The van der Waals surface area contributed by atoms with Crippen molar-refractivity contribution in [3.63, 3.8) is 0 Å². The Morgan fingerprint density at radius 2 is 2.05 bits per heavy atom. The van der Waals surface area contributed by atoms with Gasteiger partial charge in [0.05, 0.1) is 18.7 Å². The number of ether oxygens (including phenoxy) is 1. The van der Waals surface area contributed by atoms with Crippen LogP contribution in [0.25, 0.3) is 0 Å². The van der Waals surface area contributed by atoms with Gasteiger partial charge < -0.3 is 15.8 Å². The molecule has 0 fully saturated rings. The number of benzene rings is 2. The highest BCUT2D eigenvalue weighted by Gasteiger charge is 2.14. The SMILES string of the molecule is COc1ccc(C(=O)NC(C)c2cccc(Br)c2)c(N)c1. The minimum Gasteiger partial charge on any atom is -0.497 e. The monoisotopic (exact) mass is 348 g/mol. The Kier molecular flexibility index (Phi) is 4.85. The fraction of sp³-hybridized carbons (Fsp3) is 0.188. The van der Waals surface area contributed by atoms with Gasteiger partial charge in [-0.3, -0.25) is 4.79 Å². The van der Waals surface area contributed by atoms with Gasteiger partial charge in [0.2, 0.25) is 0 Å². The van der Waals surface area contributed by atoms with Crippen LogP contribution in [-0.2, 0) is 0 Å². The average Bonchev–Trinajstić information content (AvgIpc) is 2.46. The van der Waals surface area contributed by atoms with Crippen LogP contribution in [0.2, 0.25) is 0 Å². The van der Waals surface area contributed by atoms with Crippen LogP contribution in [0.15, 0.2) is 46.9 Å². The third-order valence-corrected chi connectivity index (χ3v) is 3.69. The van der Waals surface area contributed by atoms with Gasteiger partial charge in [-0.25, -0.2) is 0 Å². The summed E-state index contributed by atoms with van der Waals surface area (Å²) in [5, 5.41) is 2.94. The van der Waals surface area contributed by atoms with E-state index in [1.54, 1.807) is 25.3 Å². The van der Waals surface area contributed by atoms with Gasteiger partial charge in [-0.05, 0) is 36.8 Å². The number of nitrogen functional groups attached to an aromatic ring is 1. The maximum absolute atomic E-state index is 12.3. The van der Waals surface area contributed by atoms with Crippen molar-refractivity contribution in [3.8, 4) is 5.75 Å². The van der Waals surface area contributed by atoms with Gasteiger partial charge in [-0.2, -0.15) is 0 Å². The van der Waals surface area contributed by atoms with Crippen molar-refractivity contribution in [1.29, 1.82) is 0 Å². The van der Waals surface area contributed by atoms with E-state index < -0.39 is 0 Å². The molecule has 0 saturated carbocycles. The molecule has 5 heteroatoms. The molecule has 0 spiro atoms. The summed E-state index contributed by atoms with van der Waals surface area (Å²) in [6, 6.07) is 12.7. The molecule has 0 aliphatic rings. The van der Waals surface area contributed by atoms with E-state index in [9.17, 15) is 4.79 Å². The van der Waals surface area contributed by atoms with Crippen LogP contribution >= 0.6 is 15.9 Å². The lowest BCUT2D eigenvalue weighted by atomic mass is 10.1. The van der Waals surface area contributed by atoms with E-state index >= 15 is 0 Å². The van der Waals surface area contributed by atoms with Crippen molar-refractivity contribution in [3.05, 3.63) is 58.1 Å². The molecule has 2 rings (SSSR count). The summed E-state index contributed by atoms with van der Waals surface area (Å²) in [5.74, 6) is 0.423. The fourth-order valence-electron chi connectivity index (χ4n) is 2.01. The second-order valence-corrected chi connectivity index (χ2v) is 5.62. The molecule has 1 atom stereocenters. The number of halogens is 1. The molecule has 0 radical (unpaired) electrons. The molecular weight excluding hydrogens is 332 g/mol. The lowest BCUT2D eigenvalue weighted by Gasteiger charge is -2.16. The van der Waals surface area contributed by atoms with Crippen molar-refractivity contribution in [2.75, 3.05) is 12.8 Å². The number of carbonyl (C=O) groups excluding carboxylic acids is 1. The maximum atomic E-state index is 12.3. The summed E-state index contributed by atoms with van der Waals surface area (Å²) in [6.45, 7) is 1.93. The number of nitrogens with two attached hydrogens (primary N) is 1. The third-order valence-electron chi connectivity index (χ3n) is 3.20. The number of rotatable bonds is 4. The lowest BCUT2D eigenvalue weighted by Crippen LogP contribution is -2.27. The predicted octanol–water partition coefficient (Wildman–Crippen LogP) is 3.53. The number of hydrogen-bond donors (Lipinski definition) is 2. The molecule has 0 heterocycles. The van der Waals surface area contributed by atoms with Gasteiger partial charge in [0.1, 0.15) is 5.75 Å². The summed E-state index contributed by atoms with van der Waals surface area (Å²) in [5.41, 5.74) is 7.75. The minimum absolute atomic E-state index is 0.114. The summed E-state index contributed by atoms with van der Waals surface area (Å²) in [4.78, 5) is 12.3. The quantitative estimate of drug-likeness (QED) is 0.830. The van der Waals surface area contributed by atoms with Crippen molar-refractivity contribution in [1.82, 2.24) is 5.32 Å². The van der Waals surface area contributed by atoms with Crippen molar-refractivity contribution in [2.24, 2.45) is 0 Å². The third kappa shape index (κ3) is 3.76. The zero-order valence-electron chi connectivity index (χ0n) is 11.9. The molecule has 2 aromatic rings. The van der Waals surface area contributed by atoms with Gasteiger partial charge in [-0.1, -0.05) is 28.1 Å².